The molecule has 28 heavy (non-hydrogen) atoms. The van der Waals surface area contributed by atoms with E-state index in [4.69, 9.17) is 22.1 Å². The van der Waals surface area contributed by atoms with Crippen molar-refractivity contribution in [3.05, 3.63) is 71.5 Å². The number of rotatable bonds is 5. The highest BCUT2D eigenvalue weighted by Crippen LogP contribution is 2.29. The summed E-state index contributed by atoms with van der Waals surface area (Å²) in [4.78, 5) is 22.8. The fourth-order valence-electron chi connectivity index (χ4n) is 3.31. The second kappa shape index (κ2) is 7.86. The van der Waals surface area contributed by atoms with Gasteiger partial charge in [-0.05, 0) is 23.8 Å². The molecule has 142 valence electrons. The molecule has 3 aromatic rings. The Balaban J connectivity index is 1.56. The highest BCUT2D eigenvalue weighted by molar-refractivity contribution is 6.31. The highest BCUT2D eigenvalue weighted by atomic mass is 35.5. The van der Waals surface area contributed by atoms with E-state index in [1.165, 1.54) is 0 Å². The van der Waals surface area contributed by atoms with Crippen molar-refractivity contribution < 1.29 is 9.53 Å². The van der Waals surface area contributed by atoms with Crippen LogP contribution in [-0.4, -0.2) is 35.1 Å². The molecule has 1 amide bonds. The van der Waals surface area contributed by atoms with Gasteiger partial charge in [-0.25, -0.2) is 9.97 Å². The molecule has 1 atom stereocenters. The number of halogens is 1. The molecule has 1 fully saturated rings. The minimum absolute atomic E-state index is 0.0938. The SMILES string of the molecule is NC(=O)c1cc(-c2ccccc2)cnc1N1CC[C@@H](Oc2ncccc2Cl)C1. The molecule has 2 N–H and O–H groups in total. The molecular weight excluding hydrogens is 376 g/mol. The molecule has 0 radical (unpaired) electrons. The molecule has 0 aliphatic carbocycles. The predicted octanol–water partition coefficient (Wildman–Crippen LogP) is 3.55. The van der Waals surface area contributed by atoms with Crippen molar-refractivity contribution in [2.45, 2.75) is 12.5 Å². The van der Waals surface area contributed by atoms with Gasteiger partial charge in [0.15, 0.2) is 0 Å². The Hall–Kier alpha value is -3.12. The third-order valence-electron chi connectivity index (χ3n) is 4.69. The summed E-state index contributed by atoms with van der Waals surface area (Å²) in [5.41, 5.74) is 7.88. The van der Waals surface area contributed by atoms with Crippen molar-refractivity contribution >= 4 is 23.3 Å². The Labute approximate surface area is 167 Å². The average Bonchev–Trinajstić information content (AvgIpc) is 3.18. The van der Waals surface area contributed by atoms with E-state index in [2.05, 4.69) is 9.97 Å². The zero-order chi connectivity index (χ0) is 19.5. The van der Waals surface area contributed by atoms with Crippen LogP contribution in [0.3, 0.4) is 0 Å². The minimum Gasteiger partial charge on any atom is -0.471 e. The molecule has 4 rings (SSSR count). The summed E-state index contributed by atoms with van der Waals surface area (Å²) >= 11 is 6.12. The van der Waals surface area contributed by atoms with E-state index in [1.807, 2.05) is 35.2 Å². The second-order valence-electron chi connectivity index (χ2n) is 6.59. The van der Waals surface area contributed by atoms with E-state index in [-0.39, 0.29) is 6.10 Å². The maximum Gasteiger partial charge on any atom is 0.252 e. The number of carbonyl (C=O) groups is 1. The molecule has 2 aromatic heterocycles. The summed E-state index contributed by atoms with van der Waals surface area (Å²) in [5, 5.41) is 0.476. The average molecular weight is 395 g/mol. The van der Waals surface area contributed by atoms with Crippen molar-refractivity contribution in [2.75, 3.05) is 18.0 Å². The van der Waals surface area contributed by atoms with Crippen LogP contribution in [0.25, 0.3) is 11.1 Å². The molecule has 0 spiro atoms. The van der Waals surface area contributed by atoms with E-state index in [0.29, 0.717) is 35.4 Å². The third kappa shape index (κ3) is 3.77. The Morgan fingerprint density at radius 2 is 1.96 bits per heavy atom. The Kier molecular flexibility index (Phi) is 5.12. The predicted molar refractivity (Wildman–Crippen MR) is 109 cm³/mol. The number of carbonyl (C=O) groups excluding carboxylic acids is 1. The number of hydrogen-bond donors (Lipinski definition) is 1. The zero-order valence-corrected chi connectivity index (χ0v) is 15.8. The fraction of sp³-hybridized carbons (Fsp3) is 0.190. The summed E-state index contributed by atoms with van der Waals surface area (Å²) < 4.78 is 5.92. The molecule has 3 heterocycles. The largest absolute Gasteiger partial charge is 0.471 e. The van der Waals surface area contributed by atoms with E-state index in [1.54, 1.807) is 30.6 Å². The lowest BCUT2D eigenvalue weighted by Crippen LogP contribution is -2.28. The first kappa shape index (κ1) is 18.3. The van der Waals surface area contributed by atoms with Crippen LogP contribution in [-0.2, 0) is 0 Å². The Morgan fingerprint density at radius 1 is 1.14 bits per heavy atom. The van der Waals surface area contributed by atoms with E-state index in [9.17, 15) is 4.79 Å². The van der Waals surface area contributed by atoms with Gasteiger partial charge in [-0.2, -0.15) is 0 Å². The van der Waals surface area contributed by atoms with Crippen molar-refractivity contribution in [1.29, 1.82) is 0 Å². The topological polar surface area (TPSA) is 81.3 Å². The van der Waals surface area contributed by atoms with Crippen molar-refractivity contribution in [3.63, 3.8) is 0 Å². The Morgan fingerprint density at radius 3 is 2.71 bits per heavy atom. The molecular formula is C21H19ClN4O2. The van der Waals surface area contributed by atoms with Gasteiger partial charge in [-0.15, -0.1) is 0 Å². The monoisotopic (exact) mass is 394 g/mol. The number of anilines is 1. The van der Waals surface area contributed by atoms with Gasteiger partial charge >= 0.3 is 0 Å². The van der Waals surface area contributed by atoms with Gasteiger partial charge in [0.25, 0.3) is 5.91 Å². The standard InChI is InChI=1S/C21H19ClN4O2/c22-18-7-4-9-24-21(18)28-16-8-10-26(13-16)20-17(19(23)27)11-15(12-25-20)14-5-2-1-3-6-14/h1-7,9,11-12,16H,8,10,13H2,(H2,23,27)/t16-/m1/s1. The van der Waals surface area contributed by atoms with Crippen molar-refractivity contribution in [1.82, 2.24) is 9.97 Å². The van der Waals surface area contributed by atoms with E-state index >= 15 is 0 Å². The second-order valence-corrected chi connectivity index (χ2v) is 7.00. The lowest BCUT2D eigenvalue weighted by atomic mass is 10.1. The summed E-state index contributed by atoms with van der Waals surface area (Å²) in [5.74, 6) is 0.487. The van der Waals surface area contributed by atoms with Gasteiger partial charge in [-0.1, -0.05) is 41.9 Å². The number of nitrogens with zero attached hydrogens (tertiary/aromatic N) is 3. The quantitative estimate of drug-likeness (QED) is 0.715. The number of primary amides is 1. The number of amides is 1. The van der Waals surface area contributed by atoms with E-state index in [0.717, 1.165) is 17.5 Å². The van der Waals surface area contributed by atoms with Crippen molar-refractivity contribution in [2.24, 2.45) is 5.73 Å². The normalized spacial score (nSPS) is 16.2. The molecule has 1 saturated heterocycles. The van der Waals surface area contributed by atoms with Gasteiger partial charge in [0.05, 0.1) is 12.1 Å². The van der Waals surface area contributed by atoms with Crippen LogP contribution in [0.2, 0.25) is 5.02 Å². The molecule has 1 aromatic carbocycles. The number of pyridine rings is 2. The smallest absolute Gasteiger partial charge is 0.252 e. The zero-order valence-electron chi connectivity index (χ0n) is 15.1. The number of nitrogens with two attached hydrogens (primary N) is 1. The molecule has 1 aliphatic heterocycles. The lowest BCUT2D eigenvalue weighted by molar-refractivity contribution is 0.100. The summed E-state index contributed by atoms with van der Waals surface area (Å²) in [6.45, 7) is 1.28. The van der Waals surface area contributed by atoms with Crippen LogP contribution in [0.5, 0.6) is 5.88 Å². The van der Waals surface area contributed by atoms with Crippen LogP contribution in [0.4, 0.5) is 5.82 Å². The van der Waals surface area contributed by atoms with Crippen LogP contribution >= 0.6 is 11.6 Å². The van der Waals surface area contributed by atoms with E-state index < -0.39 is 5.91 Å². The number of benzene rings is 1. The van der Waals surface area contributed by atoms with Crippen LogP contribution < -0.4 is 15.4 Å². The Bertz CT molecular complexity index is 997. The minimum atomic E-state index is -0.502. The van der Waals surface area contributed by atoms with Crippen LogP contribution in [0.15, 0.2) is 60.9 Å². The van der Waals surface area contributed by atoms with Gasteiger partial charge in [0.1, 0.15) is 16.9 Å². The first-order valence-corrected chi connectivity index (χ1v) is 9.37. The van der Waals surface area contributed by atoms with Crippen LogP contribution in [0, 0.1) is 0 Å². The number of ether oxygens (including phenoxy) is 1. The van der Waals surface area contributed by atoms with Gasteiger partial charge < -0.3 is 15.4 Å². The summed E-state index contributed by atoms with van der Waals surface area (Å²) in [7, 11) is 0. The summed E-state index contributed by atoms with van der Waals surface area (Å²) in [6, 6.07) is 15.1. The molecule has 0 saturated carbocycles. The van der Waals surface area contributed by atoms with Gasteiger partial charge in [-0.3, -0.25) is 4.79 Å². The molecule has 0 bridgehead atoms. The van der Waals surface area contributed by atoms with Crippen molar-refractivity contribution in [3.8, 4) is 17.0 Å². The molecule has 0 unspecified atom stereocenters. The number of aromatic nitrogens is 2. The van der Waals surface area contributed by atoms with Crippen LogP contribution in [0.1, 0.15) is 16.8 Å². The molecule has 6 nitrogen and oxygen atoms in total. The number of hydrogen-bond acceptors (Lipinski definition) is 5. The van der Waals surface area contributed by atoms with Gasteiger partial charge in [0, 0.05) is 30.9 Å². The van der Waals surface area contributed by atoms with Gasteiger partial charge in [0.2, 0.25) is 5.88 Å². The molecule has 1 aliphatic rings. The first-order valence-electron chi connectivity index (χ1n) is 8.99. The third-order valence-corrected chi connectivity index (χ3v) is 4.97. The highest BCUT2D eigenvalue weighted by Gasteiger charge is 2.28. The first-order chi connectivity index (χ1) is 13.6. The molecule has 7 heteroatoms. The lowest BCUT2D eigenvalue weighted by Gasteiger charge is -2.20. The summed E-state index contributed by atoms with van der Waals surface area (Å²) in [6.07, 6.45) is 4.08. The maximum absolute atomic E-state index is 12.1. The maximum atomic E-state index is 12.1. The fourth-order valence-corrected chi connectivity index (χ4v) is 3.48.